The first kappa shape index (κ1) is 21.1. The van der Waals surface area contributed by atoms with Crippen molar-refractivity contribution in [3.63, 3.8) is 0 Å². The Morgan fingerprint density at radius 3 is 2.35 bits per heavy atom. The summed E-state index contributed by atoms with van der Waals surface area (Å²) in [5.74, 6) is 0.493. The van der Waals surface area contributed by atoms with Gasteiger partial charge < -0.3 is 23.9 Å². The molecule has 1 heterocycles. The zero-order valence-corrected chi connectivity index (χ0v) is 18.0. The van der Waals surface area contributed by atoms with Crippen LogP contribution in [0.3, 0.4) is 0 Å². The first-order valence-electron chi connectivity index (χ1n) is 10.1. The average Bonchev–Trinajstić information content (AvgIpc) is 3.06. The number of nitrogens with zero attached hydrogens (tertiary/aromatic N) is 1. The van der Waals surface area contributed by atoms with Gasteiger partial charge in [-0.2, -0.15) is 0 Å². The fourth-order valence-corrected chi connectivity index (χ4v) is 4.12. The highest BCUT2D eigenvalue weighted by Gasteiger charge is 2.34. The fourth-order valence-electron chi connectivity index (χ4n) is 4.12. The third kappa shape index (κ3) is 3.40. The number of benzene rings is 2. The summed E-state index contributed by atoms with van der Waals surface area (Å²) in [6, 6.07) is 10.6. The number of rotatable bonds is 7. The molecule has 0 fully saturated rings. The van der Waals surface area contributed by atoms with Crippen LogP contribution in [0.25, 0.3) is 22.0 Å². The summed E-state index contributed by atoms with van der Waals surface area (Å²) < 4.78 is 17.8. The van der Waals surface area contributed by atoms with E-state index in [1.54, 1.807) is 24.3 Å². The second kappa shape index (κ2) is 8.17. The summed E-state index contributed by atoms with van der Waals surface area (Å²) in [4.78, 5) is 27.0. The Labute approximate surface area is 179 Å². The number of aliphatic hydroxyl groups excluding tert-OH is 1. The van der Waals surface area contributed by atoms with Crippen molar-refractivity contribution in [3.8, 4) is 22.8 Å². The van der Waals surface area contributed by atoms with Gasteiger partial charge in [-0.25, -0.2) is 0 Å². The van der Waals surface area contributed by atoms with Gasteiger partial charge >= 0.3 is 0 Å². The molecule has 1 atom stereocenters. The second-order valence-corrected chi connectivity index (χ2v) is 7.77. The quantitative estimate of drug-likeness (QED) is 0.492. The Hall–Kier alpha value is -3.16. The van der Waals surface area contributed by atoms with E-state index in [4.69, 9.17) is 14.2 Å². The van der Waals surface area contributed by atoms with Crippen molar-refractivity contribution in [2.75, 3.05) is 20.8 Å². The van der Waals surface area contributed by atoms with Gasteiger partial charge in [0.05, 0.1) is 56.2 Å². The maximum absolute atomic E-state index is 13.7. The van der Waals surface area contributed by atoms with E-state index in [1.807, 2.05) is 26.0 Å². The highest BCUT2D eigenvalue weighted by atomic mass is 16.5. The molecule has 0 bridgehead atoms. The predicted octanol–water partition coefficient (Wildman–Crippen LogP) is 3.02. The number of pyridine rings is 1. The monoisotopic (exact) mass is 423 g/mol. The van der Waals surface area contributed by atoms with E-state index in [1.165, 1.54) is 18.8 Å². The topological polar surface area (TPSA) is 87.0 Å². The van der Waals surface area contributed by atoms with Crippen molar-refractivity contribution in [1.82, 2.24) is 4.57 Å². The highest BCUT2D eigenvalue weighted by molar-refractivity contribution is 6.27. The number of hydrogen-bond donors (Lipinski definition) is 1. The summed E-state index contributed by atoms with van der Waals surface area (Å²) in [6.07, 6.45) is -0.985. The Morgan fingerprint density at radius 2 is 1.71 bits per heavy atom. The number of carbonyl (C=O) groups is 1. The molecule has 162 valence electrons. The molecule has 0 amide bonds. The number of aliphatic hydroxyl groups is 1. The van der Waals surface area contributed by atoms with E-state index in [9.17, 15) is 14.7 Å². The molecule has 7 nitrogen and oxygen atoms in total. The molecule has 2 aromatic carbocycles. The Kier molecular flexibility index (Phi) is 5.56. The van der Waals surface area contributed by atoms with E-state index < -0.39 is 6.10 Å². The number of fused-ring (bicyclic) bond motifs is 5. The molecular weight excluding hydrogens is 398 g/mol. The summed E-state index contributed by atoms with van der Waals surface area (Å²) in [7, 11) is 2.94. The van der Waals surface area contributed by atoms with Crippen LogP contribution in [0.15, 0.2) is 41.2 Å². The van der Waals surface area contributed by atoms with Crippen LogP contribution in [0.1, 0.15) is 29.8 Å². The lowest BCUT2D eigenvalue weighted by atomic mass is 10.0. The highest BCUT2D eigenvalue weighted by Crippen LogP contribution is 2.43. The van der Waals surface area contributed by atoms with Crippen LogP contribution in [0.4, 0.5) is 0 Å². The van der Waals surface area contributed by atoms with Crippen LogP contribution in [0.5, 0.6) is 11.5 Å². The van der Waals surface area contributed by atoms with Crippen molar-refractivity contribution in [1.29, 1.82) is 0 Å². The minimum atomic E-state index is -0.930. The first-order valence-corrected chi connectivity index (χ1v) is 10.1. The zero-order chi connectivity index (χ0) is 22.3. The third-order valence-electron chi connectivity index (χ3n) is 5.45. The van der Waals surface area contributed by atoms with Gasteiger partial charge in [-0.3, -0.25) is 9.59 Å². The van der Waals surface area contributed by atoms with Gasteiger partial charge in [-0.1, -0.05) is 24.3 Å². The number of carbonyl (C=O) groups excluding carboxylic acids is 1. The molecule has 3 aromatic rings. The number of ether oxygens (including phenoxy) is 3. The van der Waals surface area contributed by atoms with Crippen LogP contribution in [0, 0.1) is 0 Å². The Bertz CT molecular complexity index is 1230. The summed E-state index contributed by atoms with van der Waals surface area (Å²) in [6.45, 7) is 3.80. The maximum Gasteiger partial charge on any atom is 0.262 e. The Balaban J connectivity index is 2.03. The molecule has 0 saturated carbocycles. The molecule has 1 unspecified atom stereocenters. The smallest absolute Gasteiger partial charge is 0.262 e. The van der Waals surface area contributed by atoms with Crippen molar-refractivity contribution in [2.24, 2.45) is 0 Å². The third-order valence-corrected chi connectivity index (χ3v) is 5.45. The number of methoxy groups -OCH3 is 2. The largest absolute Gasteiger partial charge is 0.493 e. The van der Waals surface area contributed by atoms with Gasteiger partial charge in [0.2, 0.25) is 0 Å². The van der Waals surface area contributed by atoms with Gasteiger partial charge in [0.25, 0.3) is 5.56 Å². The van der Waals surface area contributed by atoms with E-state index >= 15 is 0 Å². The Morgan fingerprint density at radius 1 is 1.00 bits per heavy atom. The van der Waals surface area contributed by atoms with Gasteiger partial charge in [-0.15, -0.1) is 0 Å². The number of aromatic nitrogens is 1. The normalized spacial score (nSPS) is 13.4. The van der Waals surface area contributed by atoms with E-state index in [0.29, 0.717) is 33.5 Å². The summed E-state index contributed by atoms with van der Waals surface area (Å²) in [5.41, 5.74) is 1.77. The standard InChI is InChI=1S/C24H25NO6/c1-13(2)31-12-14(26)11-25-21-15-7-5-6-8-16(15)22(27)19(21)17-9-10-18(29-3)23(30-4)20(17)24(25)28/h5-10,13-14,26H,11-12H2,1-4H3. The van der Waals surface area contributed by atoms with E-state index in [2.05, 4.69) is 0 Å². The molecule has 0 radical (unpaired) electrons. The maximum atomic E-state index is 13.7. The lowest BCUT2D eigenvalue weighted by Gasteiger charge is -2.20. The SMILES string of the molecule is COc1ccc2c3c(n(CC(O)COC(C)C)c(=O)c2c1OC)-c1ccccc1C3=O. The molecule has 4 rings (SSSR count). The predicted molar refractivity (Wildman–Crippen MR) is 117 cm³/mol. The van der Waals surface area contributed by atoms with Crippen LogP contribution in [-0.2, 0) is 11.3 Å². The lowest BCUT2D eigenvalue weighted by Crippen LogP contribution is -2.32. The average molecular weight is 423 g/mol. The van der Waals surface area contributed by atoms with Gasteiger partial charge in [0.15, 0.2) is 17.3 Å². The molecule has 7 heteroatoms. The molecule has 0 aliphatic heterocycles. The molecule has 1 aliphatic carbocycles. The first-order chi connectivity index (χ1) is 14.9. The molecule has 1 aromatic heterocycles. The van der Waals surface area contributed by atoms with Crippen molar-refractivity contribution >= 4 is 16.6 Å². The molecule has 1 aliphatic rings. The number of ketones is 1. The van der Waals surface area contributed by atoms with E-state index in [0.717, 1.165) is 0 Å². The van der Waals surface area contributed by atoms with Crippen molar-refractivity contribution in [2.45, 2.75) is 32.6 Å². The molecular formula is C24H25NO6. The fraction of sp³-hybridized carbons (Fsp3) is 0.333. The zero-order valence-electron chi connectivity index (χ0n) is 18.0. The molecule has 1 N–H and O–H groups in total. The number of hydrogen-bond acceptors (Lipinski definition) is 6. The molecule has 31 heavy (non-hydrogen) atoms. The van der Waals surface area contributed by atoms with Gasteiger partial charge in [0, 0.05) is 16.5 Å². The van der Waals surface area contributed by atoms with Gasteiger partial charge in [0.1, 0.15) is 0 Å². The van der Waals surface area contributed by atoms with Crippen LogP contribution >= 0.6 is 0 Å². The minimum Gasteiger partial charge on any atom is -0.493 e. The van der Waals surface area contributed by atoms with E-state index in [-0.39, 0.29) is 41.7 Å². The second-order valence-electron chi connectivity index (χ2n) is 7.77. The van der Waals surface area contributed by atoms with Crippen molar-refractivity contribution in [3.05, 3.63) is 57.9 Å². The van der Waals surface area contributed by atoms with Crippen LogP contribution < -0.4 is 15.0 Å². The van der Waals surface area contributed by atoms with Gasteiger partial charge in [-0.05, 0) is 26.0 Å². The van der Waals surface area contributed by atoms with Crippen LogP contribution in [0.2, 0.25) is 0 Å². The molecule has 0 saturated heterocycles. The molecule has 0 spiro atoms. The summed E-state index contributed by atoms with van der Waals surface area (Å²) >= 11 is 0. The van der Waals surface area contributed by atoms with Crippen LogP contribution in [-0.4, -0.2) is 48.5 Å². The van der Waals surface area contributed by atoms with Crippen molar-refractivity contribution < 1.29 is 24.1 Å². The lowest BCUT2D eigenvalue weighted by molar-refractivity contribution is -0.000836. The minimum absolute atomic E-state index is 0.0220. The summed E-state index contributed by atoms with van der Waals surface area (Å²) in [5, 5.41) is 11.3.